The molecule has 1 amide bonds. The van der Waals surface area contributed by atoms with E-state index in [9.17, 15) is 9.90 Å². The van der Waals surface area contributed by atoms with Crippen LogP contribution < -0.4 is 5.32 Å². The van der Waals surface area contributed by atoms with Gasteiger partial charge >= 0.3 is 0 Å². The van der Waals surface area contributed by atoms with Crippen LogP contribution in [0.15, 0.2) is 65.1 Å². The van der Waals surface area contributed by atoms with Crippen molar-refractivity contribution in [1.82, 2.24) is 4.98 Å². The number of phenols is 1. The summed E-state index contributed by atoms with van der Waals surface area (Å²) < 4.78 is 5.79. The number of halogens is 1. The quantitative estimate of drug-likeness (QED) is 0.439. The monoisotopic (exact) mass is 392 g/mol. The molecule has 1 heterocycles. The van der Waals surface area contributed by atoms with Gasteiger partial charge in [0.05, 0.1) is 5.56 Å². The van der Waals surface area contributed by atoms with Gasteiger partial charge in [-0.25, -0.2) is 4.98 Å². The number of hydrogen-bond donors (Lipinski definition) is 2. The van der Waals surface area contributed by atoms with Crippen LogP contribution in [-0.2, 0) is 6.42 Å². The van der Waals surface area contributed by atoms with Crippen molar-refractivity contribution in [3.8, 4) is 17.2 Å². The van der Waals surface area contributed by atoms with E-state index in [1.807, 2.05) is 18.2 Å². The van der Waals surface area contributed by atoms with E-state index < -0.39 is 0 Å². The Labute approximate surface area is 166 Å². The van der Waals surface area contributed by atoms with E-state index in [-0.39, 0.29) is 11.7 Å². The van der Waals surface area contributed by atoms with Gasteiger partial charge in [-0.15, -0.1) is 0 Å². The first-order valence-electron chi connectivity index (χ1n) is 8.83. The van der Waals surface area contributed by atoms with Crippen molar-refractivity contribution in [1.29, 1.82) is 0 Å². The molecule has 0 saturated heterocycles. The Morgan fingerprint density at radius 2 is 1.89 bits per heavy atom. The van der Waals surface area contributed by atoms with E-state index in [4.69, 9.17) is 16.0 Å². The zero-order valence-electron chi connectivity index (χ0n) is 15.1. The molecule has 5 nitrogen and oxygen atoms in total. The Bertz CT molecular complexity index is 1170. The molecule has 0 spiro atoms. The maximum absolute atomic E-state index is 12.4. The smallest absolute Gasteiger partial charge is 0.255 e. The highest BCUT2D eigenvalue weighted by molar-refractivity contribution is 6.30. The minimum atomic E-state index is -0.279. The topological polar surface area (TPSA) is 75.4 Å². The summed E-state index contributed by atoms with van der Waals surface area (Å²) in [5.41, 5.74) is 3.92. The molecule has 4 aromatic rings. The largest absolute Gasteiger partial charge is 0.507 e. The van der Waals surface area contributed by atoms with Gasteiger partial charge in [-0.3, -0.25) is 4.79 Å². The fourth-order valence-electron chi connectivity index (χ4n) is 2.90. The van der Waals surface area contributed by atoms with E-state index in [2.05, 4.69) is 17.2 Å². The van der Waals surface area contributed by atoms with E-state index in [0.29, 0.717) is 33.3 Å². The highest BCUT2D eigenvalue weighted by atomic mass is 35.5. The lowest BCUT2D eigenvalue weighted by molar-refractivity contribution is 0.102. The highest BCUT2D eigenvalue weighted by Crippen LogP contribution is 2.33. The first kappa shape index (κ1) is 18.1. The summed E-state index contributed by atoms with van der Waals surface area (Å²) in [6.07, 6.45) is 0.898. The molecule has 0 bridgehead atoms. The Balaban J connectivity index is 1.65. The van der Waals surface area contributed by atoms with Crippen LogP contribution in [0.2, 0.25) is 5.02 Å². The molecule has 1 aromatic heterocycles. The molecule has 0 atom stereocenters. The molecule has 2 N–H and O–H groups in total. The molecule has 0 aliphatic heterocycles. The first-order chi connectivity index (χ1) is 13.5. The Hall–Kier alpha value is -3.31. The van der Waals surface area contributed by atoms with Crippen molar-refractivity contribution in [2.75, 3.05) is 5.32 Å². The van der Waals surface area contributed by atoms with Crippen LogP contribution in [0, 0.1) is 0 Å². The van der Waals surface area contributed by atoms with Crippen LogP contribution in [-0.4, -0.2) is 16.0 Å². The standard InChI is InChI=1S/C22H17ClN2O3/c1-2-13-3-10-20-18(11-13)25-22(28-20)17-12-16(8-9-19(17)26)24-21(27)14-4-6-15(23)7-5-14/h3-12,26H,2H2,1H3,(H,24,27). The Morgan fingerprint density at radius 1 is 1.11 bits per heavy atom. The number of rotatable bonds is 4. The van der Waals surface area contributed by atoms with Gasteiger partial charge < -0.3 is 14.8 Å². The molecular formula is C22H17ClN2O3. The molecule has 6 heteroatoms. The average molecular weight is 393 g/mol. The minimum Gasteiger partial charge on any atom is -0.507 e. The normalized spacial score (nSPS) is 10.9. The van der Waals surface area contributed by atoms with Crippen LogP contribution in [0.4, 0.5) is 5.69 Å². The van der Waals surface area contributed by atoms with Crippen molar-refractivity contribution >= 4 is 34.3 Å². The van der Waals surface area contributed by atoms with Gasteiger partial charge in [0, 0.05) is 16.3 Å². The second-order valence-corrected chi connectivity index (χ2v) is 6.80. The van der Waals surface area contributed by atoms with Crippen molar-refractivity contribution in [3.63, 3.8) is 0 Å². The van der Waals surface area contributed by atoms with Gasteiger partial charge in [-0.1, -0.05) is 24.6 Å². The molecule has 0 aliphatic rings. The minimum absolute atomic E-state index is 0.0202. The summed E-state index contributed by atoms with van der Waals surface area (Å²) in [6, 6.07) is 17.2. The summed E-state index contributed by atoms with van der Waals surface area (Å²) in [7, 11) is 0. The summed E-state index contributed by atoms with van der Waals surface area (Å²) in [4.78, 5) is 16.9. The van der Waals surface area contributed by atoms with Crippen LogP contribution in [0.3, 0.4) is 0 Å². The highest BCUT2D eigenvalue weighted by Gasteiger charge is 2.15. The predicted octanol–water partition coefficient (Wildman–Crippen LogP) is 5.67. The number of amides is 1. The van der Waals surface area contributed by atoms with Crippen LogP contribution in [0.25, 0.3) is 22.6 Å². The van der Waals surface area contributed by atoms with Gasteiger partial charge in [0.1, 0.15) is 11.3 Å². The van der Waals surface area contributed by atoms with Crippen molar-refractivity contribution in [2.45, 2.75) is 13.3 Å². The summed E-state index contributed by atoms with van der Waals surface area (Å²) in [5.74, 6) is 0.0357. The van der Waals surface area contributed by atoms with Crippen molar-refractivity contribution in [3.05, 3.63) is 76.8 Å². The maximum atomic E-state index is 12.4. The predicted molar refractivity (Wildman–Crippen MR) is 110 cm³/mol. The van der Waals surface area contributed by atoms with Gasteiger partial charge in [-0.2, -0.15) is 0 Å². The summed E-state index contributed by atoms with van der Waals surface area (Å²) >= 11 is 5.86. The van der Waals surface area contributed by atoms with E-state index in [1.165, 1.54) is 6.07 Å². The Kier molecular flexibility index (Phi) is 4.75. The molecule has 0 saturated carbocycles. The number of carbonyl (C=O) groups excluding carboxylic acids is 1. The summed E-state index contributed by atoms with van der Waals surface area (Å²) in [5, 5.41) is 13.6. The molecular weight excluding hydrogens is 376 g/mol. The SMILES string of the molecule is CCc1ccc2oc(-c3cc(NC(=O)c4ccc(Cl)cc4)ccc3O)nc2c1. The third-order valence-electron chi connectivity index (χ3n) is 4.45. The van der Waals surface area contributed by atoms with Crippen LogP contribution in [0.5, 0.6) is 5.75 Å². The van der Waals surface area contributed by atoms with Gasteiger partial charge in [0.15, 0.2) is 5.58 Å². The fraction of sp³-hybridized carbons (Fsp3) is 0.0909. The molecule has 0 aliphatic carbocycles. The number of carbonyl (C=O) groups is 1. The lowest BCUT2D eigenvalue weighted by atomic mass is 10.1. The lowest BCUT2D eigenvalue weighted by Gasteiger charge is -2.08. The number of hydrogen-bond acceptors (Lipinski definition) is 4. The fourth-order valence-corrected chi connectivity index (χ4v) is 3.02. The van der Waals surface area contributed by atoms with Gasteiger partial charge in [0.2, 0.25) is 5.89 Å². The molecule has 0 radical (unpaired) electrons. The third-order valence-corrected chi connectivity index (χ3v) is 4.70. The Morgan fingerprint density at radius 3 is 2.64 bits per heavy atom. The molecule has 0 unspecified atom stereocenters. The van der Waals surface area contributed by atoms with E-state index in [1.54, 1.807) is 36.4 Å². The second-order valence-electron chi connectivity index (χ2n) is 6.37. The van der Waals surface area contributed by atoms with Gasteiger partial charge in [-0.05, 0) is 66.6 Å². The van der Waals surface area contributed by atoms with Crippen LogP contribution >= 0.6 is 11.6 Å². The molecule has 28 heavy (non-hydrogen) atoms. The number of aromatic hydroxyl groups is 1. The number of nitrogens with zero attached hydrogens (tertiary/aromatic N) is 1. The van der Waals surface area contributed by atoms with E-state index in [0.717, 1.165) is 17.5 Å². The number of oxazole rings is 1. The third kappa shape index (κ3) is 3.57. The lowest BCUT2D eigenvalue weighted by Crippen LogP contribution is -2.11. The number of aromatic nitrogens is 1. The number of anilines is 1. The van der Waals surface area contributed by atoms with Crippen molar-refractivity contribution < 1.29 is 14.3 Å². The molecule has 0 fully saturated rings. The maximum Gasteiger partial charge on any atom is 0.255 e. The van der Waals surface area contributed by atoms with E-state index >= 15 is 0 Å². The number of aryl methyl sites for hydroxylation is 1. The zero-order valence-corrected chi connectivity index (χ0v) is 15.8. The molecule has 4 rings (SSSR count). The average Bonchev–Trinajstić information content (AvgIpc) is 3.12. The number of phenolic OH excluding ortho intramolecular Hbond substituents is 1. The van der Waals surface area contributed by atoms with Crippen LogP contribution in [0.1, 0.15) is 22.8 Å². The first-order valence-corrected chi connectivity index (χ1v) is 9.21. The summed E-state index contributed by atoms with van der Waals surface area (Å²) in [6.45, 7) is 2.07. The zero-order chi connectivity index (χ0) is 19.7. The number of benzene rings is 3. The second kappa shape index (κ2) is 7.37. The van der Waals surface area contributed by atoms with Crippen molar-refractivity contribution in [2.24, 2.45) is 0 Å². The molecule has 3 aromatic carbocycles. The number of fused-ring (bicyclic) bond motifs is 1. The number of nitrogens with one attached hydrogen (secondary N) is 1. The molecule has 140 valence electrons. The van der Waals surface area contributed by atoms with Gasteiger partial charge in [0.25, 0.3) is 5.91 Å².